The van der Waals surface area contributed by atoms with Crippen LogP contribution >= 0.6 is 0 Å². The quantitative estimate of drug-likeness (QED) is 0.397. The SMILES string of the molecule is Cc1cc(CNC(=O)c2cc(C(=O)N[C@H]3CCc4cc(-c5ncn[nH]5)ccc43)ncn2)ccc1F. The number of fused-ring (bicyclic) bond motifs is 1. The Morgan fingerprint density at radius 2 is 1.86 bits per heavy atom. The largest absolute Gasteiger partial charge is 0.347 e. The number of carbonyl (C=O) groups excluding carboxylic acids is 2. The fraction of sp³-hybridized carbons (Fsp3) is 0.200. The van der Waals surface area contributed by atoms with E-state index in [4.69, 9.17) is 0 Å². The molecule has 9 nitrogen and oxygen atoms in total. The summed E-state index contributed by atoms with van der Waals surface area (Å²) in [4.78, 5) is 37.7. The molecule has 0 aliphatic heterocycles. The lowest BCUT2D eigenvalue weighted by Crippen LogP contribution is -2.29. The monoisotopic (exact) mass is 471 g/mol. The fourth-order valence-corrected chi connectivity index (χ4v) is 4.19. The summed E-state index contributed by atoms with van der Waals surface area (Å²) in [6.45, 7) is 1.87. The molecule has 0 unspecified atom stereocenters. The molecule has 0 fully saturated rings. The van der Waals surface area contributed by atoms with Crippen LogP contribution in [0.25, 0.3) is 11.4 Å². The first-order valence-electron chi connectivity index (χ1n) is 11.1. The molecule has 1 aliphatic rings. The number of H-pyrrole nitrogens is 1. The van der Waals surface area contributed by atoms with Crippen molar-refractivity contribution in [3.63, 3.8) is 0 Å². The molecule has 4 aromatic rings. The van der Waals surface area contributed by atoms with Gasteiger partial charge >= 0.3 is 0 Å². The average molecular weight is 471 g/mol. The zero-order valence-electron chi connectivity index (χ0n) is 18.9. The standard InChI is InChI=1S/C25H22FN7O2/c1-14-8-15(2-6-19(14)26)11-27-24(34)21-10-22(29-12-28-21)25(35)32-20-7-4-16-9-17(3-5-18(16)20)23-30-13-31-33-23/h2-3,5-6,8-10,12-13,20H,4,7,11H2,1H3,(H,27,34)(H,32,35)(H,30,31,33)/t20-/m0/s1. The van der Waals surface area contributed by atoms with Crippen molar-refractivity contribution >= 4 is 11.8 Å². The van der Waals surface area contributed by atoms with Crippen molar-refractivity contribution in [3.05, 3.63) is 94.6 Å². The van der Waals surface area contributed by atoms with Gasteiger partial charge in [-0.2, -0.15) is 5.10 Å². The summed E-state index contributed by atoms with van der Waals surface area (Å²) >= 11 is 0. The Morgan fingerprint density at radius 1 is 1.03 bits per heavy atom. The first-order chi connectivity index (χ1) is 17.0. The highest BCUT2D eigenvalue weighted by atomic mass is 19.1. The third-order valence-electron chi connectivity index (χ3n) is 6.02. The average Bonchev–Trinajstić information content (AvgIpc) is 3.55. The number of carbonyl (C=O) groups is 2. The molecular formula is C25H22FN7O2. The molecule has 0 saturated heterocycles. The van der Waals surface area contributed by atoms with Crippen LogP contribution in [0.5, 0.6) is 0 Å². The number of nitrogens with zero attached hydrogens (tertiary/aromatic N) is 4. The Bertz CT molecular complexity index is 1400. The Hall–Kier alpha value is -4.47. The second kappa shape index (κ2) is 9.41. The number of aryl methyl sites for hydroxylation is 2. The van der Waals surface area contributed by atoms with Crippen LogP contribution in [0.2, 0.25) is 0 Å². The van der Waals surface area contributed by atoms with E-state index < -0.39 is 5.91 Å². The first kappa shape index (κ1) is 22.3. The molecule has 0 bridgehead atoms. The van der Waals surface area contributed by atoms with Gasteiger partial charge < -0.3 is 10.6 Å². The lowest BCUT2D eigenvalue weighted by Gasteiger charge is -2.14. The molecule has 0 saturated carbocycles. The van der Waals surface area contributed by atoms with Gasteiger partial charge in [-0.15, -0.1) is 0 Å². The van der Waals surface area contributed by atoms with Crippen LogP contribution in [0.4, 0.5) is 4.39 Å². The maximum absolute atomic E-state index is 13.4. The summed E-state index contributed by atoms with van der Waals surface area (Å²) < 4.78 is 13.4. The van der Waals surface area contributed by atoms with Gasteiger partial charge in [0.15, 0.2) is 5.82 Å². The Morgan fingerprint density at radius 3 is 2.63 bits per heavy atom. The number of aromatic nitrogens is 5. The van der Waals surface area contributed by atoms with E-state index in [1.807, 2.05) is 12.1 Å². The van der Waals surface area contributed by atoms with Crippen LogP contribution in [0.1, 0.15) is 55.7 Å². The number of hydrogen-bond acceptors (Lipinski definition) is 6. The van der Waals surface area contributed by atoms with E-state index in [1.165, 1.54) is 24.8 Å². The van der Waals surface area contributed by atoms with Crippen molar-refractivity contribution in [2.24, 2.45) is 0 Å². The fourth-order valence-electron chi connectivity index (χ4n) is 4.19. The maximum Gasteiger partial charge on any atom is 0.270 e. The Labute approximate surface area is 200 Å². The molecule has 10 heteroatoms. The number of amides is 2. The van der Waals surface area contributed by atoms with E-state index in [0.29, 0.717) is 11.4 Å². The van der Waals surface area contributed by atoms with Crippen LogP contribution < -0.4 is 10.6 Å². The van der Waals surface area contributed by atoms with Crippen molar-refractivity contribution < 1.29 is 14.0 Å². The van der Waals surface area contributed by atoms with E-state index in [1.54, 1.807) is 19.1 Å². The normalized spacial score (nSPS) is 14.4. The molecule has 2 aromatic heterocycles. The highest BCUT2D eigenvalue weighted by molar-refractivity contribution is 5.97. The summed E-state index contributed by atoms with van der Waals surface area (Å²) in [5, 5.41) is 12.5. The van der Waals surface area contributed by atoms with E-state index in [0.717, 1.165) is 35.1 Å². The minimum atomic E-state index is -0.449. The van der Waals surface area contributed by atoms with Gasteiger partial charge in [0.2, 0.25) is 0 Å². The number of benzene rings is 2. The predicted molar refractivity (Wildman–Crippen MR) is 125 cm³/mol. The van der Waals surface area contributed by atoms with E-state index in [-0.39, 0.29) is 35.7 Å². The molecule has 2 aromatic carbocycles. The molecular weight excluding hydrogens is 449 g/mol. The van der Waals surface area contributed by atoms with E-state index in [9.17, 15) is 14.0 Å². The topological polar surface area (TPSA) is 126 Å². The molecule has 3 N–H and O–H groups in total. The molecule has 2 heterocycles. The van der Waals surface area contributed by atoms with Gasteiger partial charge in [0.25, 0.3) is 11.8 Å². The van der Waals surface area contributed by atoms with Crippen LogP contribution in [0.15, 0.2) is 55.1 Å². The second-order valence-corrected chi connectivity index (χ2v) is 8.37. The van der Waals surface area contributed by atoms with Gasteiger partial charge in [-0.05, 0) is 54.2 Å². The molecule has 0 radical (unpaired) electrons. The molecule has 0 spiro atoms. The number of hydrogen-bond donors (Lipinski definition) is 3. The zero-order chi connectivity index (χ0) is 24.4. The highest BCUT2D eigenvalue weighted by Gasteiger charge is 2.26. The van der Waals surface area contributed by atoms with E-state index >= 15 is 0 Å². The third-order valence-corrected chi connectivity index (χ3v) is 6.02. The van der Waals surface area contributed by atoms with Crippen molar-refractivity contribution in [3.8, 4) is 11.4 Å². The molecule has 2 amide bonds. The minimum absolute atomic E-state index is 0.0764. The Balaban J connectivity index is 1.24. The maximum atomic E-state index is 13.4. The van der Waals surface area contributed by atoms with Gasteiger partial charge in [0.1, 0.15) is 29.9 Å². The van der Waals surface area contributed by atoms with Gasteiger partial charge in [0, 0.05) is 18.2 Å². The van der Waals surface area contributed by atoms with Gasteiger partial charge in [-0.1, -0.05) is 24.3 Å². The second-order valence-electron chi connectivity index (χ2n) is 8.37. The lowest BCUT2D eigenvalue weighted by molar-refractivity contribution is 0.0931. The molecule has 35 heavy (non-hydrogen) atoms. The van der Waals surface area contributed by atoms with Gasteiger partial charge in [0.05, 0.1) is 6.04 Å². The zero-order valence-corrected chi connectivity index (χ0v) is 18.9. The lowest BCUT2D eigenvalue weighted by atomic mass is 10.0. The van der Waals surface area contributed by atoms with Gasteiger partial charge in [-0.3, -0.25) is 14.7 Å². The number of rotatable bonds is 6. The van der Waals surface area contributed by atoms with Crippen molar-refractivity contribution in [1.29, 1.82) is 0 Å². The molecule has 1 atom stereocenters. The number of aromatic amines is 1. The van der Waals surface area contributed by atoms with Crippen LogP contribution in [0, 0.1) is 12.7 Å². The van der Waals surface area contributed by atoms with Crippen molar-refractivity contribution in [2.45, 2.75) is 32.4 Å². The number of nitrogens with one attached hydrogen (secondary N) is 3. The number of halogens is 1. The van der Waals surface area contributed by atoms with Crippen molar-refractivity contribution in [1.82, 2.24) is 35.8 Å². The van der Waals surface area contributed by atoms with Crippen LogP contribution in [-0.2, 0) is 13.0 Å². The predicted octanol–water partition coefficient (Wildman–Crippen LogP) is 3.06. The van der Waals surface area contributed by atoms with Crippen LogP contribution in [0.3, 0.4) is 0 Å². The summed E-state index contributed by atoms with van der Waals surface area (Å²) in [6.07, 6.45) is 4.24. The minimum Gasteiger partial charge on any atom is -0.347 e. The third kappa shape index (κ3) is 4.77. The summed E-state index contributed by atoms with van der Waals surface area (Å²) in [7, 11) is 0. The summed E-state index contributed by atoms with van der Waals surface area (Å²) in [5.74, 6) is -0.435. The molecule has 176 valence electrons. The van der Waals surface area contributed by atoms with Crippen molar-refractivity contribution in [2.75, 3.05) is 0 Å². The molecule has 1 aliphatic carbocycles. The first-order valence-corrected chi connectivity index (χ1v) is 11.1. The highest BCUT2D eigenvalue weighted by Crippen LogP contribution is 2.33. The van der Waals surface area contributed by atoms with Gasteiger partial charge in [-0.25, -0.2) is 19.3 Å². The Kier molecular flexibility index (Phi) is 6.01. The summed E-state index contributed by atoms with van der Waals surface area (Å²) in [6, 6.07) is 11.8. The molecule has 5 rings (SSSR count). The smallest absolute Gasteiger partial charge is 0.270 e. The summed E-state index contributed by atoms with van der Waals surface area (Å²) in [5.41, 5.74) is 4.57. The van der Waals surface area contributed by atoms with E-state index in [2.05, 4.69) is 41.8 Å². The van der Waals surface area contributed by atoms with Crippen LogP contribution in [-0.4, -0.2) is 37.0 Å².